The Bertz CT molecular complexity index is 628. The minimum Gasteiger partial charge on any atom is -0.496 e. The third kappa shape index (κ3) is 2.92. The van der Waals surface area contributed by atoms with Crippen LogP contribution >= 0.6 is 0 Å². The van der Waals surface area contributed by atoms with Crippen LogP contribution in [0.2, 0.25) is 0 Å². The second-order valence-corrected chi connectivity index (χ2v) is 8.45. The van der Waals surface area contributed by atoms with E-state index in [0.717, 1.165) is 43.4 Å². The number of benzene rings is 1. The van der Waals surface area contributed by atoms with Gasteiger partial charge in [0, 0.05) is 18.5 Å². The molecule has 1 amide bonds. The summed E-state index contributed by atoms with van der Waals surface area (Å²) >= 11 is 0. The van der Waals surface area contributed by atoms with Crippen LogP contribution in [-0.2, 0) is 11.3 Å². The Labute approximate surface area is 143 Å². The van der Waals surface area contributed by atoms with Gasteiger partial charge < -0.3 is 15.2 Å². The summed E-state index contributed by atoms with van der Waals surface area (Å²) in [5.41, 5.74) is 0.536. The normalized spacial score (nSPS) is 36.6. The maximum atomic E-state index is 12.6. The molecular formula is C20H27NO3. The lowest BCUT2D eigenvalue weighted by Gasteiger charge is -2.60. The highest BCUT2D eigenvalue weighted by Gasteiger charge is 2.57. The molecule has 4 heteroatoms. The van der Waals surface area contributed by atoms with E-state index in [1.807, 2.05) is 24.3 Å². The fourth-order valence-electron chi connectivity index (χ4n) is 6.05. The number of hydrogen-bond acceptors (Lipinski definition) is 3. The lowest BCUT2D eigenvalue weighted by atomic mass is 9.47. The second kappa shape index (κ2) is 5.76. The summed E-state index contributed by atoms with van der Waals surface area (Å²) in [4.78, 5) is 12.6. The molecule has 0 aliphatic heterocycles. The Hall–Kier alpha value is -1.55. The van der Waals surface area contributed by atoms with E-state index in [9.17, 15) is 9.90 Å². The molecule has 2 unspecified atom stereocenters. The van der Waals surface area contributed by atoms with E-state index >= 15 is 0 Å². The van der Waals surface area contributed by atoms with E-state index in [4.69, 9.17) is 4.74 Å². The molecule has 2 atom stereocenters. The number of amides is 1. The largest absolute Gasteiger partial charge is 0.496 e. The van der Waals surface area contributed by atoms with Gasteiger partial charge in [-0.05, 0) is 61.8 Å². The van der Waals surface area contributed by atoms with Crippen molar-refractivity contribution < 1.29 is 14.6 Å². The Balaban J connectivity index is 1.40. The van der Waals surface area contributed by atoms with Gasteiger partial charge in [0.1, 0.15) is 5.75 Å². The average molecular weight is 329 g/mol. The van der Waals surface area contributed by atoms with Crippen molar-refractivity contribution in [1.82, 2.24) is 5.32 Å². The number of carbonyl (C=O) groups is 1. The molecule has 130 valence electrons. The molecule has 4 aliphatic carbocycles. The molecule has 1 aromatic carbocycles. The van der Waals surface area contributed by atoms with Gasteiger partial charge in [0.2, 0.25) is 5.91 Å². The highest BCUT2D eigenvalue weighted by atomic mass is 16.5. The fourth-order valence-corrected chi connectivity index (χ4v) is 6.05. The van der Waals surface area contributed by atoms with E-state index < -0.39 is 5.60 Å². The zero-order valence-electron chi connectivity index (χ0n) is 14.4. The summed E-state index contributed by atoms with van der Waals surface area (Å²) in [6.07, 6.45) is 6.77. The number of methoxy groups -OCH3 is 1. The first-order valence-electron chi connectivity index (χ1n) is 9.10. The van der Waals surface area contributed by atoms with Crippen LogP contribution < -0.4 is 10.1 Å². The van der Waals surface area contributed by atoms with Gasteiger partial charge in [-0.25, -0.2) is 0 Å². The van der Waals surface area contributed by atoms with Gasteiger partial charge in [-0.15, -0.1) is 0 Å². The average Bonchev–Trinajstić information content (AvgIpc) is 2.50. The van der Waals surface area contributed by atoms with Gasteiger partial charge in [0.25, 0.3) is 0 Å². The van der Waals surface area contributed by atoms with E-state index in [-0.39, 0.29) is 11.3 Å². The smallest absolute Gasteiger partial charge is 0.220 e. The van der Waals surface area contributed by atoms with Crippen LogP contribution in [0.5, 0.6) is 5.75 Å². The molecule has 0 radical (unpaired) electrons. The number of aliphatic hydroxyl groups is 1. The van der Waals surface area contributed by atoms with Crippen molar-refractivity contribution in [3.05, 3.63) is 29.8 Å². The van der Waals surface area contributed by atoms with Crippen LogP contribution in [0.1, 0.15) is 50.5 Å². The van der Waals surface area contributed by atoms with Crippen molar-refractivity contribution in [3.63, 3.8) is 0 Å². The zero-order valence-corrected chi connectivity index (χ0v) is 14.4. The molecule has 4 nitrogen and oxygen atoms in total. The Kier molecular flexibility index (Phi) is 3.83. The topological polar surface area (TPSA) is 58.6 Å². The van der Waals surface area contributed by atoms with Crippen LogP contribution in [0.15, 0.2) is 24.3 Å². The molecule has 4 bridgehead atoms. The summed E-state index contributed by atoms with van der Waals surface area (Å²) < 4.78 is 5.34. The molecule has 1 aromatic rings. The van der Waals surface area contributed by atoms with Crippen molar-refractivity contribution in [2.75, 3.05) is 7.11 Å². The second-order valence-electron chi connectivity index (χ2n) is 8.45. The third-order valence-corrected chi connectivity index (χ3v) is 6.36. The Morgan fingerprint density at radius 2 is 1.96 bits per heavy atom. The lowest BCUT2D eigenvalue weighted by Crippen LogP contribution is -2.56. The number of ether oxygens (including phenoxy) is 1. The number of carbonyl (C=O) groups excluding carboxylic acids is 1. The fraction of sp³-hybridized carbons (Fsp3) is 0.650. The van der Waals surface area contributed by atoms with Gasteiger partial charge in [0.15, 0.2) is 0 Å². The minimum atomic E-state index is -0.493. The van der Waals surface area contributed by atoms with Crippen LogP contribution in [0, 0.1) is 17.3 Å². The molecule has 5 rings (SSSR count). The molecule has 4 fully saturated rings. The van der Waals surface area contributed by atoms with E-state index in [0.29, 0.717) is 24.8 Å². The van der Waals surface area contributed by atoms with Crippen LogP contribution in [0.4, 0.5) is 0 Å². The van der Waals surface area contributed by atoms with E-state index in [2.05, 4.69) is 5.32 Å². The van der Waals surface area contributed by atoms with Crippen molar-refractivity contribution >= 4 is 5.91 Å². The third-order valence-electron chi connectivity index (χ3n) is 6.36. The first-order valence-corrected chi connectivity index (χ1v) is 9.10. The van der Waals surface area contributed by atoms with Gasteiger partial charge >= 0.3 is 0 Å². The summed E-state index contributed by atoms with van der Waals surface area (Å²) in [6, 6.07) is 7.78. The SMILES string of the molecule is COc1ccccc1CNC(=O)CC12CC3CC(CC(O)(C3)C1)C2. The summed E-state index contributed by atoms with van der Waals surface area (Å²) in [5.74, 6) is 2.16. The lowest BCUT2D eigenvalue weighted by molar-refractivity contribution is -0.169. The molecule has 2 N–H and O–H groups in total. The Morgan fingerprint density at radius 1 is 1.25 bits per heavy atom. The highest BCUT2D eigenvalue weighted by molar-refractivity contribution is 5.77. The zero-order chi connectivity index (χ0) is 16.8. The molecule has 24 heavy (non-hydrogen) atoms. The van der Waals surface area contributed by atoms with Crippen molar-refractivity contribution in [2.45, 2.75) is 57.1 Å². The summed E-state index contributed by atoms with van der Waals surface area (Å²) in [6.45, 7) is 0.496. The first kappa shape index (κ1) is 15.9. The molecule has 0 aromatic heterocycles. The van der Waals surface area contributed by atoms with Crippen LogP contribution in [-0.4, -0.2) is 23.7 Å². The standard InChI is InChI=1S/C20H27NO3/c1-24-17-5-3-2-4-16(17)12-21-18(22)11-19-7-14-6-15(8-19)10-20(23,9-14)13-19/h2-5,14-15,23H,6-13H2,1H3,(H,21,22). The van der Waals surface area contributed by atoms with E-state index in [1.54, 1.807) is 7.11 Å². The van der Waals surface area contributed by atoms with Crippen molar-refractivity contribution in [2.24, 2.45) is 17.3 Å². The maximum absolute atomic E-state index is 12.6. The van der Waals surface area contributed by atoms with Gasteiger partial charge in [-0.1, -0.05) is 18.2 Å². The maximum Gasteiger partial charge on any atom is 0.220 e. The number of hydrogen-bond donors (Lipinski definition) is 2. The predicted molar refractivity (Wildman–Crippen MR) is 91.5 cm³/mol. The van der Waals surface area contributed by atoms with Gasteiger partial charge in [-0.3, -0.25) is 4.79 Å². The van der Waals surface area contributed by atoms with Crippen LogP contribution in [0.25, 0.3) is 0 Å². The monoisotopic (exact) mass is 329 g/mol. The number of para-hydroxylation sites is 1. The summed E-state index contributed by atoms with van der Waals surface area (Å²) in [7, 11) is 1.65. The molecule has 0 spiro atoms. The van der Waals surface area contributed by atoms with Crippen molar-refractivity contribution in [1.29, 1.82) is 0 Å². The molecular weight excluding hydrogens is 302 g/mol. The molecule has 0 heterocycles. The number of rotatable bonds is 5. The minimum absolute atomic E-state index is 0.0314. The highest BCUT2D eigenvalue weighted by Crippen LogP contribution is 2.62. The molecule has 4 saturated carbocycles. The quantitative estimate of drug-likeness (QED) is 0.873. The van der Waals surface area contributed by atoms with Crippen molar-refractivity contribution in [3.8, 4) is 5.75 Å². The number of nitrogens with one attached hydrogen (secondary N) is 1. The van der Waals surface area contributed by atoms with E-state index in [1.165, 1.54) is 6.42 Å². The molecule has 0 saturated heterocycles. The predicted octanol–water partition coefficient (Wildman–Crippen LogP) is 3.03. The van der Waals surface area contributed by atoms with Gasteiger partial charge in [-0.2, -0.15) is 0 Å². The molecule has 4 aliphatic rings. The van der Waals surface area contributed by atoms with Crippen LogP contribution in [0.3, 0.4) is 0 Å². The Morgan fingerprint density at radius 3 is 2.62 bits per heavy atom. The first-order chi connectivity index (χ1) is 11.5. The summed E-state index contributed by atoms with van der Waals surface area (Å²) in [5, 5.41) is 13.9. The van der Waals surface area contributed by atoms with Gasteiger partial charge in [0.05, 0.1) is 12.7 Å².